The Labute approximate surface area is 160 Å². The highest BCUT2D eigenvalue weighted by atomic mass is 15.4. The summed E-state index contributed by atoms with van der Waals surface area (Å²) < 4.78 is 5.24. The molecule has 0 unspecified atom stereocenters. The topological polar surface area (TPSA) is 91.6 Å². The van der Waals surface area contributed by atoms with E-state index in [1.54, 1.807) is 15.5 Å². The zero-order chi connectivity index (χ0) is 19.3. The normalized spacial score (nSPS) is 11.4. The third kappa shape index (κ3) is 2.40. The fourth-order valence-corrected chi connectivity index (χ4v) is 3.40. The van der Waals surface area contributed by atoms with Gasteiger partial charge in [-0.15, -0.1) is 0 Å². The molecule has 28 heavy (non-hydrogen) atoms. The van der Waals surface area contributed by atoms with Crippen LogP contribution in [0.3, 0.4) is 0 Å². The molecular weight excluding hydrogens is 354 g/mol. The lowest BCUT2D eigenvalue weighted by Crippen LogP contribution is -2.05. The SMILES string of the molecule is Cc1ccc(-c2c(-c3nc(C)n4ncnc(-n5cncn5)c34)cnn2C)cc1. The molecule has 0 aliphatic carbocycles. The summed E-state index contributed by atoms with van der Waals surface area (Å²) in [6.45, 7) is 3.98. The van der Waals surface area contributed by atoms with Crippen molar-refractivity contribution in [2.75, 3.05) is 0 Å². The largest absolute Gasteiger partial charge is 0.267 e. The first-order chi connectivity index (χ1) is 13.6. The van der Waals surface area contributed by atoms with Crippen molar-refractivity contribution < 1.29 is 0 Å². The van der Waals surface area contributed by atoms with E-state index in [2.05, 4.69) is 56.5 Å². The van der Waals surface area contributed by atoms with Crippen LogP contribution in [-0.4, -0.2) is 44.1 Å². The van der Waals surface area contributed by atoms with Crippen molar-refractivity contribution in [3.63, 3.8) is 0 Å². The second-order valence-electron chi connectivity index (χ2n) is 6.59. The summed E-state index contributed by atoms with van der Waals surface area (Å²) in [6.07, 6.45) is 6.41. The van der Waals surface area contributed by atoms with Crippen LogP contribution in [0.4, 0.5) is 0 Å². The summed E-state index contributed by atoms with van der Waals surface area (Å²) in [5.74, 6) is 1.37. The standard InChI is InChI=1S/C19H17N9/c1-12-4-6-14(7-5-12)17-15(8-22-26(17)3)16-18-19(27-11-20-9-23-27)21-10-24-28(18)13(2)25-16/h4-11H,1-3H3. The zero-order valence-corrected chi connectivity index (χ0v) is 15.6. The molecule has 0 radical (unpaired) electrons. The van der Waals surface area contributed by atoms with Crippen molar-refractivity contribution in [2.45, 2.75) is 13.8 Å². The van der Waals surface area contributed by atoms with E-state index in [9.17, 15) is 0 Å². The third-order valence-corrected chi connectivity index (χ3v) is 4.73. The lowest BCUT2D eigenvalue weighted by Gasteiger charge is -2.07. The van der Waals surface area contributed by atoms with Gasteiger partial charge in [-0.2, -0.15) is 15.3 Å². The summed E-state index contributed by atoms with van der Waals surface area (Å²) in [5, 5.41) is 13.1. The van der Waals surface area contributed by atoms with Crippen LogP contribution in [0.25, 0.3) is 33.8 Å². The Morgan fingerprint density at radius 2 is 1.75 bits per heavy atom. The van der Waals surface area contributed by atoms with Crippen LogP contribution < -0.4 is 0 Å². The minimum absolute atomic E-state index is 0.613. The molecule has 0 saturated carbocycles. The first-order valence-corrected chi connectivity index (χ1v) is 8.78. The Bertz CT molecular complexity index is 1280. The Hall–Kier alpha value is -3.88. The smallest absolute Gasteiger partial charge is 0.185 e. The van der Waals surface area contributed by atoms with E-state index < -0.39 is 0 Å². The fourth-order valence-electron chi connectivity index (χ4n) is 3.40. The van der Waals surface area contributed by atoms with Gasteiger partial charge in [-0.05, 0) is 13.8 Å². The molecule has 1 aromatic carbocycles. The van der Waals surface area contributed by atoms with Gasteiger partial charge in [-0.3, -0.25) is 4.68 Å². The molecule has 0 N–H and O–H groups in total. The summed E-state index contributed by atoms with van der Waals surface area (Å²) in [4.78, 5) is 13.3. The molecule has 9 heteroatoms. The molecule has 5 rings (SSSR count). The van der Waals surface area contributed by atoms with Crippen LogP contribution >= 0.6 is 0 Å². The van der Waals surface area contributed by atoms with Crippen LogP contribution in [0.1, 0.15) is 11.4 Å². The van der Waals surface area contributed by atoms with Crippen LogP contribution in [0, 0.1) is 13.8 Å². The van der Waals surface area contributed by atoms with Gasteiger partial charge in [0.05, 0.1) is 11.9 Å². The Balaban J connectivity index is 1.81. The maximum atomic E-state index is 4.79. The summed E-state index contributed by atoms with van der Waals surface area (Å²) in [6, 6.07) is 8.37. The summed E-state index contributed by atoms with van der Waals surface area (Å²) in [5.41, 5.74) is 5.68. The predicted octanol–water partition coefficient (Wildman–Crippen LogP) is 2.39. The van der Waals surface area contributed by atoms with Gasteiger partial charge in [0.25, 0.3) is 0 Å². The lowest BCUT2D eigenvalue weighted by atomic mass is 10.0. The van der Waals surface area contributed by atoms with Gasteiger partial charge in [0.1, 0.15) is 36.0 Å². The van der Waals surface area contributed by atoms with Gasteiger partial charge in [-0.1, -0.05) is 29.8 Å². The molecule has 0 atom stereocenters. The van der Waals surface area contributed by atoms with Gasteiger partial charge in [-0.25, -0.2) is 24.1 Å². The molecule has 0 aliphatic heterocycles. The minimum atomic E-state index is 0.613. The third-order valence-electron chi connectivity index (χ3n) is 4.73. The molecule has 0 bridgehead atoms. The zero-order valence-electron chi connectivity index (χ0n) is 15.6. The molecule has 138 valence electrons. The number of hydrogen-bond donors (Lipinski definition) is 0. The lowest BCUT2D eigenvalue weighted by molar-refractivity contribution is 0.776. The van der Waals surface area contributed by atoms with Crippen molar-refractivity contribution in [1.29, 1.82) is 0 Å². The van der Waals surface area contributed by atoms with Crippen molar-refractivity contribution in [3.05, 3.63) is 60.8 Å². The highest BCUT2D eigenvalue weighted by molar-refractivity contribution is 5.89. The number of aryl methyl sites for hydroxylation is 3. The molecule has 0 spiro atoms. The molecule has 4 heterocycles. The maximum Gasteiger partial charge on any atom is 0.185 e. The number of fused-ring (bicyclic) bond motifs is 1. The second-order valence-corrected chi connectivity index (χ2v) is 6.59. The van der Waals surface area contributed by atoms with Crippen molar-refractivity contribution in [1.82, 2.24) is 44.1 Å². The number of nitrogens with zero attached hydrogens (tertiary/aromatic N) is 9. The van der Waals surface area contributed by atoms with E-state index in [0.29, 0.717) is 5.82 Å². The number of benzene rings is 1. The van der Waals surface area contributed by atoms with Gasteiger partial charge in [0, 0.05) is 18.2 Å². The molecule has 0 fully saturated rings. The van der Waals surface area contributed by atoms with Crippen LogP contribution in [0.2, 0.25) is 0 Å². The average molecular weight is 371 g/mol. The number of aromatic nitrogens is 9. The average Bonchev–Trinajstić information content (AvgIpc) is 3.42. The Kier molecular flexibility index (Phi) is 3.54. The molecular formula is C19H17N9. The molecule has 0 saturated heterocycles. The van der Waals surface area contributed by atoms with Crippen LogP contribution in [-0.2, 0) is 7.05 Å². The van der Waals surface area contributed by atoms with E-state index in [4.69, 9.17) is 4.98 Å². The van der Waals surface area contributed by atoms with E-state index >= 15 is 0 Å². The van der Waals surface area contributed by atoms with E-state index in [1.807, 2.05) is 24.9 Å². The van der Waals surface area contributed by atoms with Gasteiger partial charge in [0.2, 0.25) is 0 Å². The summed E-state index contributed by atoms with van der Waals surface area (Å²) >= 11 is 0. The predicted molar refractivity (Wildman–Crippen MR) is 103 cm³/mol. The van der Waals surface area contributed by atoms with Crippen molar-refractivity contribution in [3.8, 4) is 28.3 Å². The Morgan fingerprint density at radius 1 is 0.929 bits per heavy atom. The van der Waals surface area contributed by atoms with Gasteiger partial charge >= 0.3 is 0 Å². The summed E-state index contributed by atoms with van der Waals surface area (Å²) in [7, 11) is 1.93. The number of rotatable bonds is 3. The Morgan fingerprint density at radius 3 is 2.50 bits per heavy atom. The van der Waals surface area contributed by atoms with Gasteiger partial charge < -0.3 is 0 Å². The highest BCUT2D eigenvalue weighted by Crippen LogP contribution is 2.35. The van der Waals surface area contributed by atoms with Crippen molar-refractivity contribution in [2.24, 2.45) is 7.05 Å². The van der Waals surface area contributed by atoms with E-state index in [-0.39, 0.29) is 0 Å². The molecule has 4 aromatic heterocycles. The first kappa shape index (κ1) is 16.3. The van der Waals surface area contributed by atoms with Crippen LogP contribution in [0.5, 0.6) is 0 Å². The molecule has 0 aliphatic rings. The van der Waals surface area contributed by atoms with Crippen LogP contribution in [0.15, 0.2) is 49.4 Å². The minimum Gasteiger partial charge on any atom is -0.267 e. The monoisotopic (exact) mass is 371 g/mol. The van der Waals surface area contributed by atoms with Gasteiger partial charge in [0.15, 0.2) is 5.82 Å². The molecule has 0 amide bonds. The molecule has 9 nitrogen and oxygen atoms in total. The highest BCUT2D eigenvalue weighted by Gasteiger charge is 2.22. The van der Waals surface area contributed by atoms with E-state index in [1.165, 1.54) is 18.2 Å². The molecule has 5 aromatic rings. The number of imidazole rings is 1. The number of hydrogen-bond acceptors (Lipinski definition) is 6. The quantitative estimate of drug-likeness (QED) is 0.484. The van der Waals surface area contributed by atoms with E-state index in [0.717, 1.165) is 33.9 Å². The second kappa shape index (κ2) is 6.08. The maximum absolute atomic E-state index is 4.79. The fraction of sp³-hybridized carbons (Fsp3) is 0.158. The first-order valence-electron chi connectivity index (χ1n) is 8.78. The van der Waals surface area contributed by atoms with Crippen molar-refractivity contribution >= 4 is 5.52 Å².